The van der Waals surface area contributed by atoms with Crippen molar-refractivity contribution in [2.75, 3.05) is 12.3 Å². The van der Waals surface area contributed by atoms with Gasteiger partial charge < -0.3 is 5.32 Å². The molecule has 0 unspecified atom stereocenters. The van der Waals surface area contributed by atoms with Crippen LogP contribution in [0.2, 0.25) is 0 Å². The van der Waals surface area contributed by atoms with Crippen molar-refractivity contribution in [3.8, 4) is 0 Å². The summed E-state index contributed by atoms with van der Waals surface area (Å²) in [4.78, 5) is 26.3. The minimum atomic E-state index is -3.22. The molecule has 1 saturated heterocycles. The van der Waals surface area contributed by atoms with Gasteiger partial charge in [-0.1, -0.05) is 36.1 Å². The standard InChI is InChI=1S/C18H17FN2O4S3/c19-13-4-1-3-12(9-13)10-15-17(23)21(18(26)27-15)7-2-5-16(22)20-14-6-8-28(24,25)11-14/h1,3-4,6,8-10,14H,2,5,7,11H2,(H,20,22)/b15-10+/t14-/m1/s1. The molecule has 0 aliphatic carbocycles. The van der Waals surface area contributed by atoms with Crippen molar-refractivity contribution in [1.82, 2.24) is 10.2 Å². The SMILES string of the molecule is O=C(CCCN1C(=O)/C(=C\c2cccc(F)c2)SC1=S)N[C@@H]1C=CS(=O)(=O)C1. The molecule has 2 amide bonds. The van der Waals surface area contributed by atoms with E-state index in [0.29, 0.717) is 21.2 Å². The highest BCUT2D eigenvalue weighted by atomic mass is 32.2. The summed E-state index contributed by atoms with van der Waals surface area (Å²) in [7, 11) is -3.22. The van der Waals surface area contributed by atoms with Gasteiger partial charge in [0.2, 0.25) is 5.91 Å². The summed E-state index contributed by atoms with van der Waals surface area (Å²) in [5.41, 5.74) is 0.569. The van der Waals surface area contributed by atoms with E-state index in [9.17, 15) is 22.4 Å². The molecule has 0 saturated carbocycles. The molecule has 2 aliphatic rings. The summed E-state index contributed by atoms with van der Waals surface area (Å²) < 4.78 is 36.4. The number of thioether (sulfide) groups is 1. The first-order valence-corrected chi connectivity index (χ1v) is 11.4. The van der Waals surface area contributed by atoms with Gasteiger partial charge in [0, 0.05) is 18.4 Å². The zero-order valence-corrected chi connectivity index (χ0v) is 17.1. The molecule has 1 N–H and O–H groups in total. The van der Waals surface area contributed by atoms with E-state index < -0.39 is 15.9 Å². The number of nitrogens with one attached hydrogen (secondary N) is 1. The molecule has 10 heteroatoms. The second-order valence-electron chi connectivity index (χ2n) is 6.32. The van der Waals surface area contributed by atoms with Crippen molar-refractivity contribution in [2.24, 2.45) is 0 Å². The van der Waals surface area contributed by atoms with E-state index in [1.807, 2.05) is 0 Å². The number of carbonyl (C=O) groups excluding carboxylic acids is 2. The summed E-state index contributed by atoms with van der Waals surface area (Å²) in [5.74, 6) is -1.07. The van der Waals surface area contributed by atoms with Crippen molar-refractivity contribution >= 4 is 56.0 Å². The van der Waals surface area contributed by atoms with Crippen LogP contribution < -0.4 is 5.32 Å². The molecule has 1 aromatic carbocycles. The summed E-state index contributed by atoms with van der Waals surface area (Å²) in [6.07, 6.45) is 3.56. The van der Waals surface area contributed by atoms with Crippen LogP contribution >= 0.6 is 24.0 Å². The predicted octanol–water partition coefficient (Wildman–Crippen LogP) is 2.23. The lowest BCUT2D eigenvalue weighted by molar-refractivity contribution is -0.124. The first-order valence-electron chi connectivity index (χ1n) is 8.45. The molecule has 0 spiro atoms. The first-order chi connectivity index (χ1) is 13.2. The lowest BCUT2D eigenvalue weighted by Crippen LogP contribution is -2.36. The lowest BCUT2D eigenvalue weighted by atomic mass is 10.2. The Morgan fingerprint density at radius 1 is 1.43 bits per heavy atom. The van der Waals surface area contributed by atoms with Crippen molar-refractivity contribution in [3.05, 3.63) is 52.0 Å². The fourth-order valence-corrected chi connectivity index (χ4v) is 5.33. The molecule has 3 rings (SSSR count). The van der Waals surface area contributed by atoms with Crippen LogP contribution in [-0.2, 0) is 19.4 Å². The lowest BCUT2D eigenvalue weighted by Gasteiger charge is -2.15. The smallest absolute Gasteiger partial charge is 0.266 e. The summed E-state index contributed by atoms with van der Waals surface area (Å²) in [5, 5.41) is 3.74. The van der Waals surface area contributed by atoms with Crippen molar-refractivity contribution in [2.45, 2.75) is 18.9 Å². The van der Waals surface area contributed by atoms with Gasteiger partial charge in [0.15, 0.2) is 9.84 Å². The molecule has 0 aromatic heterocycles. The topological polar surface area (TPSA) is 83.6 Å². The molecule has 2 aliphatic heterocycles. The third-order valence-electron chi connectivity index (χ3n) is 4.08. The van der Waals surface area contributed by atoms with Crippen molar-refractivity contribution in [1.29, 1.82) is 0 Å². The maximum atomic E-state index is 13.3. The highest BCUT2D eigenvalue weighted by molar-refractivity contribution is 8.26. The number of thiocarbonyl (C=S) groups is 1. The van der Waals surface area contributed by atoms with Gasteiger partial charge in [-0.3, -0.25) is 14.5 Å². The quantitative estimate of drug-likeness (QED) is 0.540. The van der Waals surface area contributed by atoms with Gasteiger partial charge in [0.05, 0.1) is 16.7 Å². The highest BCUT2D eigenvalue weighted by Crippen LogP contribution is 2.32. The average Bonchev–Trinajstić information content (AvgIpc) is 3.08. The molecule has 1 atom stereocenters. The van der Waals surface area contributed by atoms with E-state index in [4.69, 9.17) is 12.2 Å². The van der Waals surface area contributed by atoms with E-state index >= 15 is 0 Å². The van der Waals surface area contributed by atoms with Gasteiger partial charge in [0.1, 0.15) is 10.1 Å². The van der Waals surface area contributed by atoms with Gasteiger partial charge in [0.25, 0.3) is 5.91 Å². The fraction of sp³-hybridized carbons (Fsp3) is 0.278. The van der Waals surface area contributed by atoms with Crippen LogP contribution in [0.5, 0.6) is 0 Å². The van der Waals surface area contributed by atoms with E-state index in [1.165, 1.54) is 23.1 Å². The van der Waals surface area contributed by atoms with Crippen LogP contribution in [0, 0.1) is 5.82 Å². The third-order valence-corrected chi connectivity index (χ3v) is 6.86. The number of nitrogens with zero attached hydrogens (tertiary/aromatic N) is 1. The number of rotatable bonds is 6. The number of amides is 2. The summed E-state index contributed by atoms with van der Waals surface area (Å²) in [6, 6.07) is 5.39. The van der Waals surface area contributed by atoms with Crippen LogP contribution in [-0.4, -0.2) is 47.8 Å². The first kappa shape index (κ1) is 20.7. The van der Waals surface area contributed by atoms with E-state index in [-0.39, 0.29) is 36.4 Å². The van der Waals surface area contributed by atoms with Gasteiger partial charge in [-0.05, 0) is 36.3 Å². The maximum absolute atomic E-state index is 13.3. The van der Waals surface area contributed by atoms with E-state index in [1.54, 1.807) is 18.2 Å². The maximum Gasteiger partial charge on any atom is 0.266 e. The van der Waals surface area contributed by atoms with Crippen LogP contribution in [0.4, 0.5) is 4.39 Å². The molecule has 6 nitrogen and oxygen atoms in total. The van der Waals surface area contributed by atoms with Gasteiger partial charge in [-0.15, -0.1) is 0 Å². The second-order valence-corrected chi connectivity index (χ2v) is 9.93. The highest BCUT2D eigenvalue weighted by Gasteiger charge is 2.31. The van der Waals surface area contributed by atoms with Crippen LogP contribution in [0.1, 0.15) is 18.4 Å². The van der Waals surface area contributed by atoms with Crippen LogP contribution in [0.15, 0.2) is 40.7 Å². The Morgan fingerprint density at radius 3 is 2.89 bits per heavy atom. The Bertz CT molecular complexity index is 988. The van der Waals surface area contributed by atoms with Crippen LogP contribution in [0.25, 0.3) is 6.08 Å². The Balaban J connectivity index is 1.51. The molecular weight excluding hydrogens is 423 g/mol. The zero-order valence-electron chi connectivity index (χ0n) is 14.6. The van der Waals surface area contributed by atoms with E-state index in [2.05, 4.69) is 5.32 Å². The summed E-state index contributed by atoms with van der Waals surface area (Å²) in [6.45, 7) is 0.275. The molecular formula is C18H17FN2O4S3. The zero-order chi connectivity index (χ0) is 20.3. The second kappa shape index (κ2) is 8.54. The van der Waals surface area contributed by atoms with Gasteiger partial charge in [-0.2, -0.15) is 0 Å². The Hall–Kier alpha value is -2.04. The van der Waals surface area contributed by atoms with Gasteiger partial charge >= 0.3 is 0 Å². The Morgan fingerprint density at radius 2 is 2.21 bits per heavy atom. The number of hydrogen-bond donors (Lipinski definition) is 1. The minimum Gasteiger partial charge on any atom is -0.349 e. The van der Waals surface area contributed by atoms with E-state index in [0.717, 1.165) is 17.2 Å². The largest absolute Gasteiger partial charge is 0.349 e. The van der Waals surface area contributed by atoms with Gasteiger partial charge in [-0.25, -0.2) is 12.8 Å². The minimum absolute atomic E-state index is 0.127. The number of hydrogen-bond acceptors (Lipinski definition) is 6. The van der Waals surface area contributed by atoms with Crippen LogP contribution in [0.3, 0.4) is 0 Å². The number of halogens is 1. The predicted molar refractivity (Wildman–Crippen MR) is 110 cm³/mol. The fourth-order valence-electron chi connectivity index (χ4n) is 2.78. The molecule has 28 heavy (non-hydrogen) atoms. The number of sulfone groups is 1. The monoisotopic (exact) mass is 440 g/mol. The van der Waals surface area contributed by atoms with Crippen molar-refractivity contribution < 1.29 is 22.4 Å². The Kier molecular flexibility index (Phi) is 6.31. The molecule has 0 radical (unpaired) electrons. The molecule has 1 aromatic rings. The summed E-state index contributed by atoms with van der Waals surface area (Å²) >= 11 is 6.37. The Labute approximate surface area is 171 Å². The molecule has 148 valence electrons. The third kappa shape index (κ3) is 5.27. The van der Waals surface area contributed by atoms with Crippen molar-refractivity contribution in [3.63, 3.8) is 0 Å². The molecule has 1 fully saturated rings. The number of carbonyl (C=O) groups is 2. The number of benzene rings is 1. The molecule has 0 bridgehead atoms. The average molecular weight is 441 g/mol. The molecule has 2 heterocycles. The normalized spacial score (nSPS) is 22.2.